The first-order chi connectivity index (χ1) is 13.5. The van der Waals surface area contributed by atoms with Gasteiger partial charge < -0.3 is 14.0 Å². The summed E-state index contributed by atoms with van der Waals surface area (Å²) in [4.78, 5) is 42.8. The monoisotopic (exact) mass is 395 g/mol. The van der Waals surface area contributed by atoms with E-state index in [-0.39, 0.29) is 6.79 Å². The fraction of sp³-hybridized carbons (Fsp3) is 0.158. The molecule has 0 bridgehead atoms. The summed E-state index contributed by atoms with van der Waals surface area (Å²) in [5, 5.41) is 0. The zero-order chi connectivity index (χ0) is 19.4. The molecule has 140 valence electrons. The summed E-state index contributed by atoms with van der Waals surface area (Å²) in [5.74, 6) is -0.231. The van der Waals surface area contributed by atoms with Gasteiger partial charge in [-0.2, -0.15) is 4.99 Å². The maximum absolute atomic E-state index is 12.5. The predicted molar refractivity (Wildman–Crippen MR) is 99.3 cm³/mol. The second-order valence-electron chi connectivity index (χ2n) is 6.36. The first kappa shape index (κ1) is 16.7. The molecule has 3 heterocycles. The number of hydrogen-bond acceptors (Lipinski definition) is 6. The van der Waals surface area contributed by atoms with E-state index in [4.69, 9.17) is 9.47 Å². The number of rotatable bonds is 2. The van der Waals surface area contributed by atoms with Crippen molar-refractivity contribution in [2.24, 2.45) is 12.0 Å². The smallest absolute Gasteiger partial charge is 0.268 e. The van der Waals surface area contributed by atoms with Crippen molar-refractivity contribution in [3.8, 4) is 11.5 Å². The van der Waals surface area contributed by atoms with Crippen LogP contribution >= 0.6 is 11.3 Å². The van der Waals surface area contributed by atoms with Gasteiger partial charge in [-0.1, -0.05) is 23.5 Å². The van der Waals surface area contributed by atoms with Crippen LogP contribution in [0, 0.1) is 0 Å². The van der Waals surface area contributed by atoms with E-state index < -0.39 is 24.3 Å². The Bertz CT molecular complexity index is 1220. The van der Waals surface area contributed by atoms with E-state index in [2.05, 4.69) is 4.99 Å². The molecule has 0 spiro atoms. The topological polar surface area (TPSA) is 90.2 Å². The van der Waals surface area contributed by atoms with Gasteiger partial charge in [-0.05, 0) is 12.1 Å². The van der Waals surface area contributed by atoms with Gasteiger partial charge in [0.15, 0.2) is 16.3 Å². The zero-order valence-electron chi connectivity index (χ0n) is 14.7. The maximum atomic E-state index is 12.5. The molecule has 28 heavy (non-hydrogen) atoms. The Morgan fingerprint density at radius 3 is 2.43 bits per heavy atom. The number of hydrogen-bond donors (Lipinski definition) is 0. The molecule has 0 fully saturated rings. The Morgan fingerprint density at radius 2 is 1.75 bits per heavy atom. The number of ether oxygens (including phenoxy) is 2. The van der Waals surface area contributed by atoms with Crippen LogP contribution in [-0.4, -0.2) is 40.5 Å². The van der Waals surface area contributed by atoms with Crippen LogP contribution in [0.25, 0.3) is 10.2 Å². The van der Waals surface area contributed by atoms with Crippen LogP contribution in [0.3, 0.4) is 0 Å². The first-order valence-electron chi connectivity index (χ1n) is 8.45. The number of nitrogens with zero attached hydrogens (tertiary/aromatic N) is 3. The lowest BCUT2D eigenvalue weighted by Gasteiger charge is -2.10. The summed E-state index contributed by atoms with van der Waals surface area (Å²) in [6.45, 7) is -0.213. The Morgan fingerprint density at radius 1 is 1.11 bits per heavy atom. The van der Waals surface area contributed by atoms with E-state index in [1.807, 2.05) is 12.1 Å². The molecule has 0 unspecified atom stereocenters. The van der Waals surface area contributed by atoms with Crippen molar-refractivity contribution >= 4 is 39.3 Å². The summed E-state index contributed by atoms with van der Waals surface area (Å²) in [6, 6.07) is 10.2. The lowest BCUT2D eigenvalue weighted by Crippen LogP contribution is -2.35. The molecule has 2 aliphatic heterocycles. The number of imide groups is 1. The van der Waals surface area contributed by atoms with E-state index in [0.717, 1.165) is 15.1 Å². The minimum absolute atomic E-state index is 0.187. The molecule has 8 nitrogen and oxygen atoms in total. The Balaban J connectivity index is 1.46. The van der Waals surface area contributed by atoms with Crippen molar-refractivity contribution in [1.29, 1.82) is 0 Å². The molecule has 5 rings (SSSR count). The molecule has 0 saturated heterocycles. The Kier molecular flexibility index (Phi) is 3.59. The van der Waals surface area contributed by atoms with Gasteiger partial charge in [0.2, 0.25) is 6.79 Å². The number of carbonyl (C=O) groups is 3. The minimum atomic E-state index is -0.572. The number of fused-ring (bicyclic) bond motifs is 3. The molecule has 2 aromatic carbocycles. The molecule has 0 atom stereocenters. The first-order valence-corrected chi connectivity index (χ1v) is 9.26. The third kappa shape index (κ3) is 2.43. The molecule has 1 aromatic heterocycles. The molecule has 3 amide bonds. The number of benzene rings is 2. The molecular formula is C19H13N3O5S. The number of amides is 3. The van der Waals surface area contributed by atoms with E-state index >= 15 is 0 Å². The summed E-state index contributed by atoms with van der Waals surface area (Å²) >= 11 is 1.32. The SMILES string of the molecule is Cn1c(=NC(=O)CN2C(=O)c3ccccc3C2=O)sc2cc3c(cc21)OCO3. The summed E-state index contributed by atoms with van der Waals surface area (Å²) in [6.07, 6.45) is 0. The van der Waals surface area contributed by atoms with Crippen molar-refractivity contribution < 1.29 is 23.9 Å². The normalized spacial score (nSPS) is 15.6. The van der Waals surface area contributed by atoms with E-state index in [1.54, 1.807) is 35.9 Å². The fourth-order valence-electron chi connectivity index (χ4n) is 3.28. The zero-order valence-corrected chi connectivity index (χ0v) is 15.5. The Hall–Kier alpha value is -3.46. The maximum Gasteiger partial charge on any atom is 0.268 e. The van der Waals surface area contributed by atoms with Gasteiger partial charge in [0.1, 0.15) is 6.54 Å². The van der Waals surface area contributed by atoms with E-state index in [1.165, 1.54) is 11.3 Å². The third-order valence-corrected chi connectivity index (χ3v) is 5.79. The molecule has 0 aliphatic carbocycles. The average molecular weight is 395 g/mol. The average Bonchev–Trinajstić information content (AvgIpc) is 3.33. The summed E-state index contributed by atoms with van der Waals surface area (Å²) in [7, 11) is 1.79. The second-order valence-corrected chi connectivity index (χ2v) is 7.37. The predicted octanol–water partition coefficient (Wildman–Crippen LogP) is 1.69. The number of aromatic nitrogens is 1. The lowest BCUT2D eigenvalue weighted by molar-refractivity contribution is -0.118. The molecule has 0 radical (unpaired) electrons. The number of thiazole rings is 1. The molecular weight excluding hydrogens is 382 g/mol. The molecule has 0 N–H and O–H groups in total. The van der Waals surface area contributed by atoms with Crippen molar-refractivity contribution in [2.45, 2.75) is 0 Å². The van der Waals surface area contributed by atoms with Crippen LogP contribution in [0.4, 0.5) is 0 Å². The van der Waals surface area contributed by atoms with Crippen LogP contribution in [0.5, 0.6) is 11.5 Å². The van der Waals surface area contributed by atoms with Crippen molar-refractivity contribution in [1.82, 2.24) is 9.47 Å². The molecule has 3 aromatic rings. The standard InChI is InChI=1S/C19H13N3O5S/c1-21-12-6-13-14(27-9-26-13)7-15(12)28-19(21)20-16(23)8-22-17(24)10-4-2-3-5-11(10)18(22)25/h2-7H,8-9H2,1H3. The van der Waals surface area contributed by atoms with Gasteiger partial charge in [-0.15, -0.1) is 0 Å². The number of carbonyl (C=O) groups excluding carboxylic acids is 3. The van der Waals surface area contributed by atoms with E-state index in [9.17, 15) is 14.4 Å². The number of aryl methyl sites for hydroxylation is 1. The highest BCUT2D eigenvalue weighted by Gasteiger charge is 2.36. The van der Waals surface area contributed by atoms with Gasteiger partial charge >= 0.3 is 0 Å². The van der Waals surface area contributed by atoms with Gasteiger partial charge in [0, 0.05) is 19.2 Å². The highest BCUT2D eigenvalue weighted by molar-refractivity contribution is 7.16. The third-order valence-electron chi connectivity index (χ3n) is 4.70. The molecule has 9 heteroatoms. The van der Waals surface area contributed by atoms with E-state index in [0.29, 0.717) is 27.4 Å². The minimum Gasteiger partial charge on any atom is -0.454 e. The largest absolute Gasteiger partial charge is 0.454 e. The van der Waals surface area contributed by atoms with Gasteiger partial charge in [0.05, 0.1) is 21.3 Å². The van der Waals surface area contributed by atoms with Gasteiger partial charge in [-0.3, -0.25) is 19.3 Å². The highest BCUT2D eigenvalue weighted by atomic mass is 32.1. The highest BCUT2D eigenvalue weighted by Crippen LogP contribution is 2.36. The molecule has 0 saturated carbocycles. The second kappa shape index (κ2) is 6.03. The van der Waals surface area contributed by atoms with Crippen molar-refractivity contribution in [3.63, 3.8) is 0 Å². The Labute approximate surface area is 162 Å². The van der Waals surface area contributed by atoms with Gasteiger partial charge in [-0.25, -0.2) is 0 Å². The van der Waals surface area contributed by atoms with Crippen LogP contribution in [0.15, 0.2) is 41.4 Å². The summed E-state index contributed by atoms with van der Waals surface area (Å²) in [5.41, 5.74) is 1.46. The van der Waals surface area contributed by atoms with Crippen LogP contribution < -0.4 is 14.3 Å². The van der Waals surface area contributed by atoms with Gasteiger partial charge in [0.25, 0.3) is 17.7 Å². The van der Waals surface area contributed by atoms with Crippen molar-refractivity contribution in [3.05, 3.63) is 52.3 Å². The van der Waals surface area contributed by atoms with Crippen LogP contribution in [0.1, 0.15) is 20.7 Å². The lowest BCUT2D eigenvalue weighted by atomic mass is 10.1. The molecule has 2 aliphatic rings. The fourth-order valence-corrected chi connectivity index (χ4v) is 4.33. The van der Waals surface area contributed by atoms with Crippen molar-refractivity contribution in [2.75, 3.05) is 13.3 Å². The van der Waals surface area contributed by atoms with Crippen LogP contribution in [0.2, 0.25) is 0 Å². The summed E-state index contributed by atoms with van der Waals surface area (Å²) < 4.78 is 13.4. The van der Waals surface area contributed by atoms with Crippen LogP contribution in [-0.2, 0) is 11.8 Å². The quantitative estimate of drug-likeness (QED) is 0.616.